The molecule has 0 aromatic heterocycles. The standard InChI is InChI=1S/C11H14ClNO/c1-14-7-5-9-8(10(12)6-7)3-2-4-11(9)13/h5-6,11H,2-4,13H2,1H3/t11-/m1/s1. The summed E-state index contributed by atoms with van der Waals surface area (Å²) in [6.07, 6.45) is 3.20. The number of rotatable bonds is 1. The topological polar surface area (TPSA) is 35.2 Å². The van der Waals surface area contributed by atoms with E-state index in [1.165, 1.54) is 5.56 Å². The molecule has 0 aliphatic heterocycles. The first-order valence-electron chi connectivity index (χ1n) is 4.84. The van der Waals surface area contributed by atoms with Gasteiger partial charge in [-0.25, -0.2) is 0 Å². The minimum absolute atomic E-state index is 0.117. The van der Waals surface area contributed by atoms with Gasteiger partial charge in [0.25, 0.3) is 0 Å². The molecule has 2 nitrogen and oxygen atoms in total. The molecule has 14 heavy (non-hydrogen) atoms. The van der Waals surface area contributed by atoms with E-state index in [0.29, 0.717) is 0 Å². The Balaban J connectivity index is 2.51. The Kier molecular flexibility index (Phi) is 2.66. The molecule has 2 N–H and O–H groups in total. The molecule has 0 bridgehead atoms. The Hall–Kier alpha value is -0.730. The lowest BCUT2D eigenvalue weighted by molar-refractivity contribution is 0.412. The van der Waals surface area contributed by atoms with Crippen LogP contribution in [0, 0.1) is 0 Å². The zero-order valence-corrected chi connectivity index (χ0v) is 8.97. The zero-order valence-electron chi connectivity index (χ0n) is 8.22. The second kappa shape index (κ2) is 3.79. The molecule has 76 valence electrons. The largest absolute Gasteiger partial charge is 0.497 e. The maximum Gasteiger partial charge on any atom is 0.120 e. The van der Waals surface area contributed by atoms with Crippen LogP contribution in [-0.4, -0.2) is 7.11 Å². The molecule has 0 saturated heterocycles. The summed E-state index contributed by atoms with van der Waals surface area (Å²) in [4.78, 5) is 0. The zero-order chi connectivity index (χ0) is 10.1. The average molecular weight is 212 g/mol. The SMILES string of the molecule is COc1cc(Cl)c2c(c1)[C@H](N)CCC2. The minimum atomic E-state index is 0.117. The molecule has 0 unspecified atom stereocenters. The number of hydrogen-bond acceptors (Lipinski definition) is 2. The quantitative estimate of drug-likeness (QED) is 0.775. The molecule has 1 aliphatic carbocycles. The van der Waals surface area contributed by atoms with Crippen molar-refractivity contribution in [2.75, 3.05) is 7.11 Å². The monoisotopic (exact) mass is 211 g/mol. The average Bonchev–Trinajstić information content (AvgIpc) is 2.19. The third kappa shape index (κ3) is 1.60. The molecule has 0 spiro atoms. The van der Waals surface area contributed by atoms with Crippen molar-refractivity contribution in [1.82, 2.24) is 0 Å². The highest BCUT2D eigenvalue weighted by molar-refractivity contribution is 6.31. The summed E-state index contributed by atoms with van der Waals surface area (Å²) in [5.41, 5.74) is 8.38. The molecule has 1 aromatic carbocycles. The van der Waals surface area contributed by atoms with E-state index in [4.69, 9.17) is 22.1 Å². The van der Waals surface area contributed by atoms with E-state index in [1.54, 1.807) is 7.11 Å². The van der Waals surface area contributed by atoms with Crippen molar-refractivity contribution >= 4 is 11.6 Å². The first-order chi connectivity index (χ1) is 6.72. The summed E-state index contributed by atoms with van der Waals surface area (Å²) in [5, 5.41) is 0.787. The van der Waals surface area contributed by atoms with Crippen LogP contribution in [0.15, 0.2) is 12.1 Å². The highest BCUT2D eigenvalue weighted by Gasteiger charge is 2.19. The number of fused-ring (bicyclic) bond motifs is 1. The van der Waals surface area contributed by atoms with E-state index >= 15 is 0 Å². The van der Waals surface area contributed by atoms with Crippen LogP contribution in [0.1, 0.15) is 30.0 Å². The van der Waals surface area contributed by atoms with Crippen LogP contribution < -0.4 is 10.5 Å². The maximum atomic E-state index is 6.16. The van der Waals surface area contributed by atoms with Crippen LogP contribution in [0.5, 0.6) is 5.75 Å². The summed E-state index contributed by atoms with van der Waals surface area (Å²) < 4.78 is 5.17. The summed E-state index contributed by atoms with van der Waals surface area (Å²) >= 11 is 6.16. The first-order valence-corrected chi connectivity index (χ1v) is 5.22. The number of halogens is 1. The number of nitrogens with two attached hydrogens (primary N) is 1. The van der Waals surface area contributed by atoms with Crippen molar-refractivity contribution in [1.29, 1.82) is 0 Å². The van der Waals surface area contributed by atoms with Crippen molar-refractivity contribution in [3.8, 4) is 5.75 Å². The molecular formula is C11H14ClNO. The molecule has 0 radical (unpaired) electrons. The van der Waals surface area contributed by atoms with Crippen LogP contribution in [0.25, 0.3) is 0 Å². The van der Waals surface area contributed by atoms with Gasteiger partial charge in [-0.05, 0) is 42.5 Å². The number of hydrogen-bond donors (Lipinski definition) is 1. The fraction of sp³-hybridized carbons (Fsp3) is 0.455. The number of benzene rings is 1. The van der Waals surface area contributed by atoms with Gasteiger partial charge in [0, 0.05) is 11.1 Å². The molecule has 1 aromatic rings. The van der Waals surface area contributed by atoms with Gasteiger partial charge in [-0.1, -0.05) is 11.6 Å². The van der Waals surface area contributed by atoms with Crippen LogP contribution >= 0.6 is 11.6 Å². The molecule has 0 saturated carbocycles. The van der Waals surface area contributed by atoms with Gasteiger partial charge in [0.1, 0.15) is 5.75 Å². The fourth-order valence-electron chi connectivity index (χ4n) is 2.00. The van der Waals surface area contributed by atoms with Gasteiger partial charge in [-0.2, -0.15) is 0 Å². The molecule has 1 aliphatic rings. The Morgan fingerprint density at radius 1 is 1.50 bits per heavy atom. The Labute approximate surface area is 89.0 Å². The smallest absolute Gasteiger partial charge is 0.120 e. The highest BCUT2D eigenvalue weighted by Crippen LogP contribution is 2.35. The van der Waals surface area contributed by atoms with Crippen LogP contribution in [-0.2, 0) is 6.42 Å². The van der Waals surface area contributed by atoms with E-state index in [1.807, 2.05) is 12.1 Å². The lowest BCUT2D eigenvalue weighted by Crippen LogP contribution is -2.17. The molecule has 0 amide bonds. The Bertz CT molecular complexity index is 351. The van der Waals surface area contributed by atoms with Gasteiger partial charge in [-0.3, -0.25) is 0 Å². The fourth-order valence-corrected chi connectivity index (χ4v) is 2.31. The third-order valence-electron chi connectivity index (χ3n) is 2.78. The molecule has 0 heterocycles. The molecule has 3 heteroatoms. The summed E-state index contributed by atoms with van der Waals surface area (Å²) in [6, 6.07) is 3.98. The lowest BCUT2D eigenvalue weighted by atomic mass is 9.88. The van der Waals surface area contributed by atoms with Crippen LogP contribution in [0.4, 0.5) is 0 Å². The van der Waals surface area contributed by atoms with Gasteiger partial charge >= 0.3 is 0 Å². The Morgan fingerprint density at radius 2 is 2.29 bits per heavy atom. The number of ether oxygens (including phenoxy) is 1. The number of methoxy groups -OCH3 is 1. The van der Waals surface area contributed by atoms with Gasteiger partial charge in [-0.15, -0.1) is 0 Å². The van der Waals surface area contributed by atoms with Crippen molar-refractivity contribution in [3.05, 3.63) is 28.3 Å². The lowest BCUT2D eigenvalue weighted by Gasteiger charge is -2.23. The van der Waals surface area contributed by atoms with Crippen molar-refractivity contribution in [2.24, 2.45) is 5.73 Å². The van der Waals surface area contributed by atoms with Crippen molar-refractivity contribution in [2.45, 2.75) is 25.3 Å². The van der Waals surface area contributed by atoms with Crippen LogP contribution in [0.3, 0.4) is 0 Å². The second-order valence-electron chi connectivity index (χ2n) is 3.68. The van der Waals surface area contributed by atoms with Gasteiger partial charge in [0.05, 0.1) is 7.11 Å². The van der Waals surface area contributed by atoms with E-state index < -0.39 is 0 Å². The normalized spacial score (nSPS) is 20.4. The van der Waals surface area contributed by atoms with E-state index in [-0.39, 0.29) is 6.04 Å². The second-order valence-corrected chi connectivity index (χ2v) is 4.08. The minimum Gasteiger partial charge on any atom is -0.497 e. The molecule has 1 atom stereocenters. The molecule has 0 fully saturated rings. The molecular weight excluding hydrogens is 198 g/mol. The van der Waals surface area contributed by atoms with Gasteiger partial charge < -0.3 is 10.5 Å². The molecule has 2 rings (SSSR count). The van der Waals surface area contributed by atoms with Gasteiger partial charge in [0.15, 0.2) is 0 Å². The summed E-state index contributed by atoms with van der Waals surface area (Å²) in [5.74, 6) is 0.797. The summed E-state index contributed by atoms with van der Waals surface area (Å²) in [6.45, 7) is 0. The predicted molar refractivity (Wildman–Crippen MR) is 57.9 cm³/mol. The van der Waals surface area contributed by atoms with Gasteiger partial charge in [0.2, 0.25) is 0 Å². The van der Waals surface area contributed by atoms with E-state index in [9.17, 15) is 0 Å². The highest BCUT2D eigenvalue weighted by atomic mass is 35.5. The predicted octanol–water partition coefficient (Wildman–Crippen LogP) is 2.68. The van der Waals surface area contributed by atoms with Crippen molar-refractivity contribution < 1.29 is 4.74 Å². The third-order valence-corrected chi connectivity index (χ3v) is 3.12. The summed E-state index contributed by atoms with van der Waals surface area (Å²) in [7, 11) is 1.65. The van der Waals surface area contributed by atoms with E-state index in [0.717, 1.165) is 35.6 Å². The van der Waals surface area contributed by atoms with E-state index in [2.05, 4.69) is 0 Å². The Morgan fingerprint density at radius 3 is 3.00 bits per heavy atom. The first kappa shape index (κ1) is 9.81. The maximum absolute atomic E-state index is 6.16. The van der Waals surface area contributed by atoms with Crippen molar-refractivity contribution in [3.63, 3.8) is 0 Å². The van der Waals surface area contributed by atoms with Crippen LogP contribution in [0.2, 0.25) is 5.02 Å².